The molecule has 1 amide bonds. The molecule has 1 atom stereocenters. The van der Waals surface area contributed by atoms with Crippen LogP contribution in [0.2, 0.25) is 0 Å². The predicted molar refractivity (Wildman–Crippen MR) is 101 cm³/mol. The molecule has 2 aromatic heterocycles. The number of amides is 1. The highest BCUT2D eigenvalue weighted by Crippen LogP contribution is 2.55. The molecule has 1 saturated carbocycles. The summed E-state index contributed by atoms with van der Waals surface area (Å²) in [6.07, 6.45) is 7.36. The van der Waals surface area contributed by atoms with Gasteiger partial charge < -0.3 is 14.4 Å². The van der Waals surface area contributed by atoms with Gasteiger partial charge in [-0.1, -0.05) is 5.16 Å². The van der Waals surface area contributed by atoms with E-state index in [0.29, 0.717) is 30.4 Å². The normalized spacial score (nSPS) is 20.9. The van der Waals surface area contributed by atoms with Crippen molar-refractivity contribution in [2.24, 2.45) is 5.41 Å². The highest BCUT2D eigenvalue weighted by Gasteiger charge is 2.56. The molecule has 2 fully saturated rings. The van der Waals surface area contributed by atoms with Gasteiger partial charge in [0.05, 0.1) is 18.8 Å². The second-order valence-corrected chi connectivity index (χ2v) is 7.75. The molecule has 0 bridgehead atoms. The molecule has 0 radical (unpaired) electrons. The summed E-state index contributed by atoms with van der Waals surface area (Å²) in [4.78, 5) is 19.4. The van der Waals surface area contributed by atoms with Crippen LogP contribution in [0, 0.1) is 12.3 Å². The van der Waals surface area contributed by atoms with E-state index in [2.05, 4.69) is 37.2 Å². The molecule has 0 aromatic carbocycles. The largest absolute Gasteiger partial charge is 0.338 e. The number of hydrogen-bond donors (Lipinski definition) is 2. The van der Waals surface area contributed by atoms with Crippen LogP contribution in [0.15, 0.2) is 23.0 Å². The molecule has 146 valence electrons. The van der Waals surface area contributed by atoms with Crippen molar-refractivity contribution >= 4 is 11.8 Å². The fourth-order valence-corrected chi connectivity index (χ4v) is 4.33. The summed E-state index contributed by atoms with van der Waals surface area (Å²) < 4.78 is 7.26. The summed E-state index contributed by atoms with van der Waals surface area (Å²) in [6.45, 7) is 7.97. The molecule has 1 spiro atoms. The van der Waals surface area contributed by atoms with Crippen LogP contribution < -0.4 is 10.6 Å². The standard InChI is InChI=1S/C19H28N6O2/c1-3-24-9-8-21-16(24)12-25(15-11-19(15)4-6-20-7-5-19)13-17(26)22-18-10-14(2)23-27-18/h8-10,15,20H,3-7,11-13H2,1-2H3,(H,22,26). The third-order valence-electron chi connectivity index (χ3n) is 5.91. The Morgan fingerprint density at radius 3 is 3.00 bits per heavy atom. The van der Waals surface area contributed by atoms with Gasteiger partial charge in [-0.15, -0.1) is 0 Å². The highest BCUT2D eigenvalue weighted by molar-refractivity contribution is 5.91. The predicted octanol–water partition coefficient (Wildman–Crippen LogP) is 1.78. The highest BCUT2D eigenvalue weighted by atomic mass is 16.5. The molecule has 1 aliphatic heterocycles. The Labute approximate surface area is 159 Å². The first kappa shape index (κ1) is 18.2. The fraction of sp³-hybridized carbons (Fsp3) is 0.632. The van der Waals surface area contributed by atoms with Gasteiger partial charge in [0.1, 0.15) is 5.82 Å². The number of aryl methyl sites for hydroxylation is 2. The summed E-state index contributed by atoms with van der Waals surface area (Å²) in [6, 6.07) is 2.17. The van der Waals surface area contributed by atoms with Gasteiger partial charge in [-0.3, -0.25) is 15.0 Å². The molecule has 3 heterocycles. The lowest BCUT2D eigenvalue weighted by molar-refractivity contribution is -0.117. The van der Waals surface area contributed by atoms with Crippen molar-refractivity contribution in [1.29, 1.82) is 0 Å². The maximum atomic E-state index is 12.6. The van der Waals surface area contributed by atoms with Crippen LogP contribution in [-0.2, 0) is 17.9 Å². The number of aromatic nitrogens is 3. The van der Waals surface area contributed by atoms with Gasteiger partial charge in [0.25, 0.3) is 0 Å². The number of nitrogens with one attached hydrogen (secondary N) is 2. The van der Waals surface area contributed by atoms with E-state index in [4.69, 9.17) is 4.52 Å². The van der Waals surface area contributed by atoms with E-state index in [9.17, 15) is 4.79 Å². The lowest BCUT2D eigenvalue weighted by atomic mass is 9.93. The number of carbonyl (C=O) groups is 1. The third-order valence-corrected chi connectivity index (χ3v) is 5.91. The Bertz CT molecular complexity index is 792. The van der Waals surface area contributed by atoms with E-state index in [1.165, 1.54) is 12.8 Å². The smallest absolute Gasteiger partial charge is 0.240 e. The van der Waals surface area contributed by atoms with E-state index in [1.54, 1.807) is 6.07 Å². The first-order valence-electron chi connectivity index (χ1n) is 9.77. The van der Waals surface area contributed by atoms with Crippen LogP contribution in [0.1, 0.15) is 37.7 Å². The molecule has 2 N–H and O–H groups in total. The van der Waals surface area contributed by atoms with E-state index in [-0.39, 0.29) is 5.91 Å². The summed E-state index contributed by atoms with van der Waals surface area (Å²) in [5.41, 5.74) is 1.11. The topological polar surface area (TPSA) is 88.2 Å². The summed E-state index contributed by atoms with van der Waals surface area (Å²) >= 11 is 0. The summed E-state index contributed by atoms with van der Waals surface area (Å²) in [5.74, 6) is 1.34. The maximum Gasteiger partial charge on any atom is 0.240 e. The van der Waals surface area contributed by atoms with Gasteiger partial charge in [-0.05, 0) is 51.6 Å². The molecule has 1 saturated heterocycles. The number of piperidine rings is 1. The van der Waals surface area contributed by atoms with Crippen molar-refractivity contribution in [2.45, 2.75) is 52.2 Å². The molecule has 4 rings (SSSR count). The zero-order chi connectivity index (χ0) is 18.9. The van der Waals surface area contributed by atoms with Gasteiger partial charge in [0.2, 0.25) is 11.8 Å². The SMILES string of the molecule is CCn1ccnc1CN(CC(=O)Nc1cc(C)no1)C1CC12CCNCC2. The first-order valence-corrected chi connectivity index (χ1v) is 9.77. The van der Waals surface area contributed by atoms with Crippen LogP contribution in [0.25, 0.3) is 0 Å². The van der Waals surface area contributed by atoms with Crippen LogP contribution in [-0.4, -0.2) is 51.2 Å². The minimum atomic E-state index is -0.0725. The van der Waals surface area contributed by atoms with Crippen LogP contribution in [0.4, 0.5) is 5.88 Å². The van der Waals surface area contributed by atoms with Crippen LogP contribution in [0.3, 0.4) is 0 Å². The molecule has 8 nitrogen and oxygen atoms in total. The third kappa shape index (κ3) is 3.91. The molecule has 1 unspecified atom stereocenters. The molecule has 8 heteroatoms. The quantitative estimate of drug-likeness (QED) is 0.770. The van der Waals surface area contributed by atoms with Crippen molar-refractivity contribution in [1.82, 2.24) is 24.9 Å². The maximum absolute atomic E-state index is 12.6. The Kier molecular flexibility index (Phi) is 5.01. The zero-order valence-electron chi connectivity index (χ0n) is 16.1. The number of nitrogens with zero attached hydrogens (tertiary/aromatic N) is 4. The molecule has 27 heavy (non-hydrogen) atoms. The Hall–Kier alpha value is -2.19. The molecular formula is C19H28N6O2. The van der Waals surface area contributed by atoms with Crippen molar-refractivity contribution in [2.75, 3.05) is 25.0 Å². The molecule has 2 aromatic rings. The zero-order valence-corrected chi connectivity index (χ0v) is 16.1. The Morgan fingerprint density at radius 1 is 1.48 bits per heavy atom. The van der Waals surface area contributed by atoms with Crippen LogP contribution >= 0.6 is 0 Å². The number of carbonyl (C=O) groups excluding carboxylic acids is 1. The van der Waals surface area contributed by atoms with E-state index < -0.39 is 0 Å². The molecule has 2 aliphatic rings. The van der Waals surface area contributed by atoms with Crippen molar-refractivity contribution in [3.63, 3.8) is 0 Å². The number of anilines is 1. The van der Waals surface area contributed by atoms with Gasteiger partial charge >= 0.3 is 0 Å². The number of rotatable bonds is 7. The van der Waals surface area contributed by atoms with Gasteiger partial charge in [-0.25, -0.2) is 4.98 Å². The summed E-state index contributed by atoms with van der Waals surface area (Å²) in [5, 5.41) is 10.1. The average Bonchev–Trinajstić information content (AvgIpc) is 2.97. The minimum Gasteiger partial charge on any atom is -0.338 e. The minimum absolute atomic E-state index is 0.0725. The van der Waals surface area contributed by atoms with Crippen LogP contribution in [0.5, 0.6) is 0 Å². The first-order chi connectivity index (χ1) is 13.1. The molecular weight excluding hydrogens is 344 g/mol. The van der Waals surface area contributed by atoms with Crippen molar-refractivity contribution in [3.8, 4) is 0 Å². The Morgan fingerprint density at radius 2 is 2.30 bits per heavy atom. The van der Waals surface area contributed by atoms with Gasteiger partial charge in [-0.2, -0.15) is 0 Å². The fourth-order valence-electron chi connectivity index (χ4n) is 4.33. The number of imidazole rings is 1. The van der Waals surface area contributed by atoms with Gasteiger partial charge in [0, 0.05) is 31.0 Å². The van der Waals surface area contributed by atoms with E-state index in [0.717, 1.165) is 37.6 Å². The second kappa shape index (κ2) is 7.44. The van der Waals surface area contributed by atoms with Crippen molar-refractivity contribution < 1.29 is 9.32 Å². The lowest BCUT2D eigenvalue weighted by Crippen LogP contribution is -2.40. The van der Waals surface area contributed by atoms with E-state index >= 15 is 0 Å². The molecule has 1 aliphatic carbocycles. The number of hydrogen-bond acceptors (Lipinski definition) is 6. The average molecular weight is 372 g/mol. The van der Waals surface area contributed by atoms with Crippen molar-refractivity contribution in [3.05, 3.63) is 30.0 Å². The van der Waals surface area contributed by atoms with Gasteiger partial charge in [0.15, 0.2) is 0 Å². The second-order valence-electron chi connectivity index (χ2n) is 7.75. The lowest BCUT2D eigenvalue weighted by Gasteiger charge is -2.29. The summed E-state index contributed by atoms with van der Waals surface area (Å²) in [7, 11) is 0. The van der Waals surface area contributed by atoms with E-state index in [1.807, 2.05) is 19.3 Å². The Balaban J connectivity index is 1.46. The monoisotopic (exact) mass is 372 g/mol.